The van der Waals surface area contributed by atoms with Gasteiger partial charge in [0.2, 0.25) is 0 Å². The molecule has 0 radical (unpaired) electrons. The van der Waals surface area contributed by atoms with Crippen molar-refractivity contribution >= 4 is 26.8 Å². The zero-order valence-electron chi connectivity index (χ0n) is 8.21. The highest BCUT2D eigenvalue weighted by molar-refractivity contribution is 9.10. The van der Waals surface area contributed by atoms with Gasteiger partial charge >= 0.3 is 0 Å². The zero-order chi connectivity index (χ0) is 10.1. The van der Waals surface area contributed by atoms with E-state index in [2.05, 4.69) is 44.9 Å². The normalized spacial score (nSPS) is 11.4. The molecule has 74 valence electrons. The van der Waals surface area contributed by atoms with E-state index in [1.165, 1.54) is 10.9 Å². The smallest absolute Gasteiger partial charge is 0.130 e. The molecule has 14 heavy (non-hydrogen) atoms. The first-order chi connectivity index (χ1) is 6.68. The molecule has 0 aliphatic carbocycles. The molecule has 2 aromatic rings. The summed E-state index contributed by atoms with van der Waals surface area (Å²) in [6, 6.07) is 2.04. The summed E-state index contributed by atoms with van der Waals surface area (Å²) in [5, 5.41) is 1.24. The monoisotopic (exact) mass is 253 g/mol. The molecule has 2 aromatic heterocycles. The highest BCUT2D eigenvalue weighted by Crippen LogP contribution is 2.23. The second-order valence-corrected chi connectivity index (χ2v) is 4.33. The lowest BCUT2D eigenvalue weighted by Gasteiger charge is -2.07. The maximum Gasteiger partial charge on any atom is 0.130 e. The minimum absolute atomic E-state index is 0.875. The number of aromatic amines is 1. The highest BCUT2D eigenvalue weighted by atomic mass is 79.9. The summed E-state index contributed by atoms with van der Waals surface area (Å²) < 4.78 is 0.875. The van der Waals surface area contributed by atoms with Gasteiger partial charge in [0.15, 0.2) is 0 Å². The Labute approximate surface area is 91.3 Å². The average molecular weight is 254 g/mol. The van der Waals surface area contributed by atoms with Crippen molar-refractivity contribution < 1.29 is 0 Å². The van der Waals surface area contributed by atoms with Gasteiger partial charge in [-0.25, -0.2) is 4.98 Å². The van der Waals surface area contributed by atoms with E-state index in [1.54, 1.807) is 0 Å². The Morgan fingerprint density at radius 2 is 2.29 bits per heavy atom. The molecule has 0 saturated carbocycles. The van der Waals surface area contributed by atoms with E-state index in [0.717, 1.165) is 16.7 Å². The summed E-state index contributed by atoms with van der Waals surface area (Å²) in [4.78, 5) is 9.55. The SMILES string of the molecule is CN(C)Cc1c[nH]c2c(Br)nccc12. The molecule has 0 spiro atoms. The van der Waals surface area contributed by atoms with Gasteiger partial charge in [0.25, 0.3) is 0 Å². The first-order valence-corrected chi connectivity index (χ1v) is 5.23. The van der Waals surface area contributed by atoms with Crippen LogP contribution < -0.4 is 0 Å². The molecular formula is C10H12BrN3. The molecule has 0 fully saturated rings. The third-order valence-electron chi connectivity index (χ3n) is 2.13. The molecule has 0 aliphatic rings. The topological polar surface area (TPSA) is 31.9 Å². The number of aromatic nitrogens is 2. The fraction of sp³-hybridized carbons (Fsp3) is 0.300. The standard InChI is InChI=1S/C10H12BrN3/c1-14(2)6-7-5-13-9-8(7)3-4-12-10(9)11/h3-5,13H,6H2,1-2H3. The molecular weight excluding hydrogens is 242 g/mol. The molecule has 0 saturated heterocycles. The fourth-order valence-electron chi connectivity index (χ4n) is 1.55. The van der Waals surface area contributed by atoms with Crippen LogP contribution in [0.5, 0.6) is 0 Å². The van der Waals surface area contributed by atoms with Crippen molar-refractivity contribution in [3.05, 3.63) is 28.6 Å². The van der Waals surface area contributed by atoms with Gasteiger partial charge in [-0.05, 0) is 41.7 Å². The summed E-state index contributed by atoms with van der Waals surface area (Å²) in [5.41, 5.74) is 2.37. The molecule has 2 rings (SSSR count). The number of fused-ring (bicyclic) bond motifs is 1. The minimum atomic E-state index is 0.875. The number of halogens is 1. The van der Waals surface area contributed by atoms with Crippen molar-refractivity contribution in [3.8, 4) is 0 Å². The van der Waals surface area contributed by atoms with Crippen LogP contribution in [0.3, 0.4) is 0 Å². The van der Waals surface area contributed by atoms with Crippen molar-refractivity contribution in [2.24, 2.45) is 0 Å². The van der Waals surface area contributed by atoms with Crippen molar-refractivity contribution in [1.82, 2.24) is 14.9 Å². The summed E-state index contributed by atoms with van der Waals surface area (Å²) in [5.74, 6) is 0. The Morgan fingerprint density at radius 1 is 1.50 bits per heavy atom. The molecule has 4 heteroatoms. The third-order valence-corrected chi connectivity index (χ3v) is 2.73. The summed E-state index contributed by atoms with van der Waals surface area (Å²) in [6.07, 6.45) is 3.86. The van der Waals surface area contributed by atoms with Crippen LogP contribution in [0, 0.1) is 0 Å². The molecule has 0 aliphatic heterocycles. The van der Waals surface area contributed by atoms with Crippen molar-refractivity contribution in [2.75, 3.05) is 14.1 Å². The number of H-pyrrole nitrogens is 1. The second-order valence-electron chi connectivity index (χ2n) is 3.58. The van der Waals surface area contributed by atoms with Gasteiger partial charge in [0, 0.05) is 24.3 Å². The lowest BCUT2D eigenvalue weighted by molar-refractivity contribution is 0.404. The molecule has 0 bridgehead atoms. The first kappa shape index (κ1) is 9.68. The van der Waals surface area contributed by atoms with E-state index in [4.69, 9.17) is 0 Å². The zero-order valence-corrected chi connectivity index (χ0v) is 9.80. The van der Waals surface area contributed by atoms with Crippen LogP contribution in [0.15, 0.2) is 23.1 Å². The van der Waals surface area contributed by atoms with Crippen LogP contribution in [-0.4, -0.2) is 29.0 Å². The molecule has 3 nitrogen and oxygen atoms in total. The molecule has 0 atom stereocenters. The van der Waals surface area contributed by atoms with Gasteiger partial charge in [0.1, 0.15) is 4.60 Å². The quantitative estimate of drug-likeness (QED) is 0.834. The lowest BCUT2D eigenvalue weighted by Crippen LogP contribution is -2.10. The van der Waals surface area contributed by atoms with Gasteiger partial charge in [-0.15, -0.1) is 0 Å². The molecule has 1 N–H and O–H groups in total. The number of pyridine rings is 1. The largest absolute Gasteiger partial charge is 0.359 e. The Kier molecular flexibility index (Phi) is 2.56. The Morgan fingerprint density at radius 3 is 3.00 bits per heavy atom. The van der Waals surface area contributed by atoms with Gasteiger partial charge < -0.3 is 9.88 Å². The summed E-state index contributed by atoms with van der Waals surface area (Å²) >= 11 is 3.42. The van der Waals surface area contributed by atoms with Crippen molar-refractivity contribution in [2.45, 2.75) is 6.54 Å². The lowest BCUT2D eigenvalue weighted by atomic mass is 10.2. The predicted octanol–water partition coefficient (Wildman–Crippen LogP) is 2.39. The van der Waals surface area contributed by atoms with Gasteiger partial charge in [-0.2, -0.15) is 0 Å². The Hall–Kier alpha value is -0.870. The van der Waals surface area contributed by atoms with E-state index >= 15 is 0 Å². The van der Waals surface area contributed by atoms with Crippen molar-refractivity contribution in [1.29, 1.82) is 0 Å². The van der Waals surface area contributed by atoms with Gasteiger partial charge in [0.05, 0.1) is 5.52 Å². The fourth-order valence-corrected chi connectivity index (χ4v) is 2.00. The minimum Gasteiger partial charge on any atom is -0.359 e. The van der Waals surface area contributed by atoms with Gasteiger partial charge in [-0.3, -0.25) is 0 Å². The number of hydrogen-bond donors (Lipinski definition) is 1. The number of nitrogens with zero attached hydrogens (tertiary/aromatic N) is 2. The highest BCUT2D eigenvalue weighted by Gasteiger charge is 2.06. The van der Waals surface area contributed by atoms with E-state index in [9.17, 15) is 0 Å². The van der Waals surface area contributed by atoms with E-state index < -0.39 is 0 Å². The molecule has 2 heterocycles. The Bertz CT molecular complexity index is 448. The van der Waals surface area contributed by atoms with Crippen LogP contribution in [0.4, 0.5) is 0 Å². The van der Waals surface area contributed by atoms with Crippen molar-refractivity contribution in [3.63, 3.8) is 0 Å². The van der Waals surface area contributed by atoms with Crippen LogP contribution >= 0.6 is 15.9 Å². The maximum atomic E-state index is 4.17. The van der Waals surface area contributed by atoms with E-state index in [1.807, 2.05) is 18.5 Å². The Balaban J connectivity index is 2.52. The second kappa shape index (κ2) is 3.71. The maximum absolute atomic E-state index is 4.17. The summed E-state index contributed by atoms with van der Waals surface area (Å²) in [7, 11) is 4.13. The average Bonchev–Trinajstić information content (AvgIpc) is 2.49. The van der Waals surface area contributed by atoms with Gasteiger partial charge in [-0.1, -0.05) is 0 Å². The first-order valence-electron chi connectivity index (χ1n) is 4.43. The summed E-state index contributed by atoms with van der Waals surface area (Å²) in [6.45, 7) is 0.941. The predicted molar refractivity (Wildman–Crippen MR) is 61.2 cm³/mol. The molecule has 0 unspecified atom stereocenters. The number of hydrogen-bond acceptors (Lipinski definition) is 2. The molecule has 0 aromatic carbocycles. The number of nitrogens with one attached hydrogen (secondary N) is 1. The third kappa shape index (κ3) is 1.67. The van der Waals surface area contributed by atoms with Crippen LogP contribution in [0.2, 0.25) is 0 Å². The molecule has 0 amide bonds. The number of rotatable bonds is 2. The van der Waals surface area contributed by atoms with Crippen LogP contribution in [0.25, 0.3) is 10.9 Å². The van der Waals surface area contributed by atoms with E-state index in [-0.39, 0.29) is 0 Å². The van der Waals surface area contributed by atoms with E-state index in [0.29, 0.717) is 0 Å². The van der Waals surface area contributed by atoms with Crippen LogP contribution in [-0.2, 0) is 6.54 Å². The van der Waals surface area contributed by atoms with Crippen LogP contribution in [0.1, 0.15) is 5.56 Å².